The summed E-state index contributed by atoms with van der Waals surface area (Å²) in [6.07, 6.45) is 2.86. The summed E-state index contributed by atoms with van der Waals surface area (Å²) in [4.78, 5) is 25.4. The van der Waals surface area contributed by atoms with E-state index in [0.29, 0.717) is 22.0 Å². The molecule has 0 radical (unpaired) electrons. The van der Waals surface area contributed by atoms with Gasteiger partial charge in [-0.2, -0.15) is 5.26 Å². The van der Waals surface area contributed by atoms with Crippen LogP contribution >= 0.6 is 11.3 Å². The topological polar surface area (TPSA) is 79.2 Å². The first-order valence-corrected chi connectivity index (χ1v) is 9.38. The van der Waals surface area contributed by atoms with Crippen molar-refractivity contribution in [3.05, 3.63) is 51.4 Å². The SMILES string of the molecule is Cc1ccccc1C(=O)OCC(=O)Nc1sc2c(c1C#N)CC[C@H](C)C2. The highest BCUT2D eigenvalue weighted by Crippen LogP contribution is 2.39. The molecule has 0 bridgehead atoms. The zero-order valence-electron chi connectivity index (χ0n) is 14.8. The fourth-order valence-electron chi connectivity index (χ4n) is 3.13. The molecule has 0 fully saturated rings. The van der Waals surface area contributed by atoms with Crippen molar-refractivity contribution in [2.24, 2.45) is 5.92 Å². The molecule has 1 heterocycles. The van der Waals surface area contributed by atoms with Crippen LogP contribution in [0.4, 0.5) is 5.00 Å². The average molecular weight is 368 g/mol. The number of nitrogens with one attached hydrogen (secondary N) is 1. The Balaban J connectivity index is 1.65. The van der Waals surface area contributed by atoms with Crippen molar-refractivity contribution in [1.29, 1.82) is 5.26 Å². The number of aryl methyl sites for hydroxylation is 1. The van der Waals surface area contributed by atoms with Gasteiger partial charge < -0.3 is 10.1 Å². The van der Waals surface area contributed by atoms with Gasteiger partial charge in [-0.15, -0.1) is 11.3 Å². The molecule has 1 aromatic heterocycles. The van der Waals surface area contributed by atoms with Gasteiger partial charge in [0, 0.05) is 4.88 Å². The van der Waals surface area contributed by atoms with Gasteiger partial charge in [-0.25, -0.2) is 4.79 Å². The minimum absolute atomic E-state index is 0.378. The molecule has 1 amide bonds. The average Bonchev–Trinajstić information content (AvgIpc) is 2.95. The fourth-order valence-corrected chi connectivity index (χ4v) is 4.51. The largest absolute Gasteiger partial charge is 0.452 e. The minimum atomic E-state index is -0.530. The number of rotatable bonds is 4. The molecule has 0 spiro atoms. The molecule has 1 atom stereocenters. The summed E-state index contributed by atoms with van der Waals surface area (Å²) >= 11 is 1.46. The summed E-state index contributed by atoms with van der Waals surface area (Å²) in [5, 5.41) is 12.8. The molecule has 6 heteroatoms. The predicted octanol–water partition coefficient (Wildman–Crippen LogP) is 3.85. The highest BCUT2D eigenvalue weighted by molar-refractivity contribution is 7.16. The Bertz CT molecular complexity index is 895. The number of hydrogen-bond acceptors (Lipinski definition) is 5. The van der Waals surface area contributed by atoms with Crippen LogP contribution in [0.3, 0.4) is 0 Å². The van der Waals surface area contributed by atoms with Crippen LogP contribution in [0.5, 0.6) is 0 Å². The van der Waals surface area contributed by atoms with E-state index in [-0.39, 0.29) is 6.61 Å². The molecule has 2 aromatic rings. The maximum Gasteiger partial charge on any atom is 0.338 e. The third-order valence-corrected chi connectivity index (χ3v) is 5.75. The van der Waals surface area contributed by atoms with Gasteiger partial charge in [-0.05, 0) is 49.3 Å². The molecule has 26 heavy (non-hydrogen) atoms. The minimum Gasteiger partial charge on any atom is -0.452 e. The Morgan fingerprint density at radius 3 is 2.88 bits per heavy atom. The van der Waals surface area contributed by atoms with Crippen molar-refractivity contribution in [2.45, 2.75) is 33.1 Å². The molecular formula is C20H20N2O3S. The van der Waals surface area contributed by atoms with Gasteiger partial charge in [0.25, 0.3) is 5.91 Å². The summed E-state index contributed by atoms with van der Waals surface area (Å²) in [5.74, 6) is -0.376. The number of anilines is 1. The van der Waals surface area contributed by atoms with Crippen LogP contribution < -0.4 is 5.32 Å². The maximum atomic E-state index is 12.2. The quantitative estimate of drug-likeness (QED) is 0.832. The Morgan fingerprint density at radius 2 is 2.15 bits per heavy atom. The number of amides is 1. The second-order valence-corrected chi connectivity index (χ2v) is 7.71. The number of ether oxygens (including phenoxy) is 1. The van der Waals surface area contributed by atoms with E-state index in [2.05, 4.69) is 18.3 Å². The van der Waals surface area contributed by atoms with Gasteiger partial charge in [0.1, 0.15) is 11.1 Å². The fraction of sp³-hybridized carbons (Fsp3) is 0.350. The van der Waals surface area contributed by atoms with Crippen LogP contribution in [0.2, 0.25) is 0 Å². The van der Waals surface area contributed by atoms with Crippen LogP contribution in [-0.2, 0) is 22.4 Å². The van der Waals surface area contributed by atoms with Crippen molar-refractivity contribution in [3.8, 4) is 6.07 Å². The van der Waals surface area contributed by atoms with Gasteiger partial charge in [-0.1, -0.05) is 25.1 Å². The second kappa shape index (κ2) is 7.71. The van der Waals surface area contributed by atoms with Crippen molar-refractivity contribution in [2.75, 3.05) is 11.9 Å². The van der Waals surface area contributed by atoms with Gasteiger partial charge in [0.05, 0.1) is 11.1 Å². The molecule has 1 aromatic carbocycles. The van der Waals surface area contributed by atoms with Crippen LogP contribution in [0.25, 0.3) is 0 Å². The van der Waals surface area contributed by atoms with E-state index in [9.17, 15) is 14.9 Å². The number of esters is 1. The van der Waals surface area contributed by atoms with Crippen LogP contribution in [-0.4, -0.2) is 18.5 Å². The molecule has 5 nitrogen and oxygen atoms in total. The Morgan fingerprint density at radius 1 is 1.38 bits per heavy atom. The van der Waals surface area contributed by atoms with E-state index < -0.39 is 11.9 Å². The number of carbonyl (C=O) groups excluding carboxylic acids is 2. The number of benzene rings is 1. The predicted molar refractivity (Wildman–Crippen MR) is 100 cm³/mol. The lowest BCUT2D eigenvalue weighted by molar-refractivity contribution is -0.119. The van der Waals surface area contributed by atoms with Crippen LogP contribution in [0.1, 0.15) is 45.3 Å². The Hall–Kier alpha value is -2.65. The lowest BCUT2D eigenvalue weighted by atomic mass is 9.89. The van der Waals surface area contributed by atoms with Crippen LogP contribution in [0, 0.1) is 24.2 Å². The number of fused-ring (bicyclic) bond motifs is 1. The number of hydrogen-bond donors (Lipinski definition) is 1. The number of nitriles is 1. The molecule has 1 N–H and O–H groups in total. The summed E-state index contributed by atoms with van der Waals surface area (Å²) < 4.78 is 5.11. The second-order valence-electron chi connectivity index (χ2n) is 6.61. The highest BCUT2D eigenvalue weighted by Gasteiger charge is 2.24. The normalized spacial score (nSPS) is 15.7. The van der Waals surface area contributed by atoms with Crippen LogP contribution in [0.15, 0.2) is 24.3 Å². The Labute approximate surface area is 156 Å². The van der Waals surface area contributed by atoms with E-state index in [1.807, 2.05) is 19.1 Å². The van der Waals surface area contributed by atoms with E-state index in [1.54, 1.807) is 12.1 Å². The van der Waals surface area contributed by atoms with Crippen molar-refractivity contribution in [1.82, 2.24) is 0 Å². The summed E-state index contributed by atoms with van der Waals surface area (Å²) in [6, 6.07) is 9.27. The first-order chi connectivity index (χ1) is 12.5. The number of carbonyl (C=O) groups is 2. The van der Waals surface area contributed by atoms with E-state index in [1.165, 1.54) is 16.2 Å². The van der Waals surface area contributed by atoms with Gasteiger partial charge in [-0.3, -0.25) is 4.79 Å². The monoisotopic (exact) mass is 368 g/mol. The summed E-state index contributed by atoms with van der Waals surface area (Å²) in [5.41, 5.74) is 2.85. The first kappa shape index (κ1) is 18.2. The molecule has 3 rings (SSSR count). The van der Waals surface area contributed by atoms with E-state index in [0.717, 1.165) is 30.4 Å². The molecule has 1 aliphatic carbocycles. The highest BCUT2D eigenvalue weighted by atomic mass is 32.1. The standard InChI is InChI=1S/C20H20N2O3S/c1-12-7-8-15-16(10-21)19(26-17(15)9-12)22-18(23)11-25-20(24)14-6-4-3-5-13(14)2/h3-6,12H,7-9,11H2,1-2H3,(H,22,23)/t12-/m0/s1. The molecule has 1 aliphatic rings. The Kier molecular flexibility index (Phi) is 5.38. The molecule has 0 saturated carbocycles. The van der Waals surface area contributed by atoms with Gasteiger partial charge >= 0.3 is 5.97 Å². The molecule has 134 valence electrons. The van der Waals surface area contributed by atoms with E-state index >= 15 is 0 Å². The summed E-state index contributed by atoms with van der Waals surface area (Å²) in [7, 11) is 0. The van der Waals surface area contributed by atoms with Crippen molar-refractivity contribution in [3.63, 3.8) is 0 Å². The molecular weight excluding hydrogens is 348 g/mol. The summed E-state index contributed by atoms with van der Waals surface area (Å²) in [6.45, 7) is 3.63. The maximum absolute atomic E-state index is 12.2. The molecule has 0 unspecified atom stereocenters. The number of nitrogens with zero attached hydrogens (tertiary/aromatic N) is 1. The smallest absolute Gasteiger partial charge is 0.338 e. The first-order valence-electron chi connectivity index (χ1n) is 8.56. The lowest BCUT2D eigenvalue weighted by Crippen LogP contribution is -2.21. The molecule has 0 saturated heterocycles. The van der Waals surface area contributed by atoms with E-state index in [4.69, 9.17) is 4.74 Å². The number of thiophene rings is 1. The van der Waals surface area contributed by atoms with Crippen molar-refractivity contribution < 1.29 is 14.3 Å². The zero-order chi connectivity index (χ0) is 18.7. The van der Waals surface area contributed by atoms with Crippen molar-refractivity contribution >= 4 is 28.2 Å². The van der Waals surface area contributed by atoms with Gasteiger partial charge in [0.15, 0.2) is 6.61 Å². The lowest BCUT2D eigenvalue weighted by Gasteiger charge is -2.17. The van der Waals surface area contributed by atoms with Gasteiger partial charge in [0.2, 0.25) is 0 Å². The third-order valence-electron chi connectivity index (χ3n) is 4.58. The third kappa shape index (κ3) is 3.78. The zero-order valence-corrected chi connectivity index (χ0v) is 15.6. The molecule has 0 aliphatic heterocycles.